The second-order valence-electron chi connectivity index (χ2n) is 5.12. The highest BCUT2D eigenvalue weighted by atomic mass is 32.2. The Bertz CT molecular complexity index is 596. The maximum Gasteiger partial charge on any atom is 0.225 e. The van der Waals surface area contributed by atoms with Gasteiger partial charge in [0.15, 0.2) is 0 Å². The third kappa shape index (κ3) is 4.31. The first-order valence-corrected chi connectivity index (χ1v) is 8.70. The Kier molecular flexibility index (Phi) is 4.77. The summed E-state index contributed by atoms with van der Waals surface area (Å²) >= 11 is 0. The number of carbonyl (C=O) groups excluding carboxylic acids is 1. The summed E-state index contributed by atoms with van der Waals surface area (Å²) in [7, 11) is -3.24. The van der Waals surface area contributed by atoms with Crippen LogP contribution in [-0.4, -0.2) is 27.1 Å². The number of amides is 1. The number of hydrogen-bond acceptors (Lipinski definition) is 3. The molecular weight excluding hydrogens is 276 g/mol. The monoisotopic (exact) mass is 296 g/mol. The number of benzene rings is 1. The van der Waals surface area contributed by atoms with Gasteiger partial charge in [0.05, 0.1) is 6.26 Å². The molecule has 0 unspecified atom stereocenters. The topological polar surface area (TPSA) is 75.3 Å². The minimum absolute atomic E-state index is 0.125. The number of hydrogen-bond donors (Lipinski definition) is 2. The summed E-state index contributed by atoms with van der Waals surface area (Å²) in [6.07, 6.45) is 5.62. The van der Waals surface area contributed by atoms with E-state index >= 15 is 0 Å². The van der Waals surface area contributed by atoms with Gasteiger partial charge >= 0.3 is 0 Å². The Morgan fingerprint density at radius 2 is 2.00 bits per heavy atom. The van der Waals surface area contributed by atoms with Crippen molar-refractivity contribution in [1.82, 2.24) is 4.72 Å². The van der Waals surface area contributed by atoms with Crippen LogP contribution in [0.2, 0.25) is 0 Å². The van der Waals surface area contributed by atoms with Crippen LogP contribution in [0, 0.1) is 0 Å². The van der Waals surface area contributed by atoms with Crippen LogP contribution in [0.4, 0.5) is 5.69 Å². The summed E-state index contributed by atoms with van der Waals surface area (Å²) < 4.78 is 24.2. The van der Waals surface area contributed by atoms with E-state index in [1.54, 1.807) is 0 Å². The van der Waals surface area contributed by atoms with Crippen LogP contribution >= 0.6 is 0 Å². The fraction of sp³-hybridized carbons (Fsp3) is 0.500. The fourth-order valence-electron chi connectivity index (χ4n) is 2.46. The number of nitrogens with one attached hydrogen (secondary N) is 2. The van der Waals surface area contributed by atoms with Crippen molar-refractivity contribution in [3.8, 4) is 0 Å². The second-order valence-corrected chi connectivity index (χ2v) is 6.95. The molecule has 2 N–H and O–H groups in total. The molecule has 110 valence electrons. The van der Waals surface area contributed by atoms with E-state index in [2.05, 4.69) is 16.1 Å². The van der Waals surface area contributed by atoms with E-state index in [0.29, 0.717) is 0 Å². The molecule has 0 fully saturated rings. The molecule has 0 aromatic heterocycles. The van der Waals surface area contributed by atoms with Gasteiger partial charge < -0.3 is 5.32 Å². The summed E-state index contributed by atoms with van der Waals surface area (Å²) in [5.41, 5.74) is 3.40. The van der Waals surface area contributed by atoms with E-state index in [1.165, 1.54) is 17.5 Å². The van der Waals surface area contributed by atoms with Crippen molar-refractivity contribution in [2.45, 2.75) is 32.1 Å². The molecule has 5 nitrogen and oxygen atoms in total. The SMILES string of the molecule is CS(=O)(=O)NCCC(=O)Nc1cccc2c1CCCC2. The zero-order valence-corrected chi connectivity index (χ0v) is 12.4. The van der Waals surface area contributed by atoms with Gasteiger partial charge in [-0.3, -0.25) is 4.79 Å². The van der Waals surface area contributed by atoms with E-state index in [4.69, 9.17) is 0 Å². The maximum absolute atomic E-state index is 11.8. The molecule has 0 saturated heterocycles. The van der Waals surface area contributed by atoms with Gasteiger partial charge in [-0.15, -0.1) is 0 Å². The van der Waals surface area contributed by atoms with Crippen LogP contribution in [0.25, 0.3) is 0 Å². The smallest absolute Gasteiger partial charge is 0.225 e. The lowest BCUT2D eigenvalue weighted by Gasteiger charge is -2.19. The summed E-state index contributed by atoms with van der Waals surface area (Å²) in [4.78, 5) is 11.8. The Morgan fingerprint density at radius 1 is 1.25 bits per heavy atom. The van der Waals surface area contributed by atoms with Crippen molar-refractivity contribution < 1.29 is 13.2 Å². The van der Waals surface area contributed by atoms with Crippen molar-refractivity contribution >= 4 is 21.6 Å². The Hall–Kier alpha value is -1.40. The van der Waals surface area contributed by atoms with Gasteiger partial charge in [0.25, 0.3) is 0 Å². The summed E-state index contributed by atoms with van der Waals surface area (Å²) in [6.45, 7) is 0.125. The average molecular weight is 296 g/mol. The average Bonchev–Trinajstić information content (AvgIpc) is 2.37. The van der Waals surface area contributed by atoms with Gasteiger partial charge in [0, 0.05) is 18.7 Å². The lowest BCUT2D eigenvalue weighted by Crippen LogP contribution is -2.26. The van der Waals surface area contributed by atoms with Crippen molar-refractivity contribution in [1.29, 1.82) is 0 Å². The van der Waals surface area contributed by atoms with Crippen LogP contribution < -0.4 is 10.0 Å². The lowest BCUT2D eigenvalue weighted by molar-refractivity contribution is -0.116. The molecule has 0 bridgehead atoms. The van der Waals surface area contributed by atoms with Crippen molar-refractivity contribution in [3.05, 3.63) is 29.3 Å². The molecule has 0 radical (unpaired) electrons. The summed E-state index contributed by atoms with van der Waals surface area (Å²) in [5.74, 6) is -0.167. The highest BCUT2D eigenvalue weighted by Gasteiger charge is 2.14. The highest BCUT2D eigenvalue weighted by molar-refractivity contribution is 7.88. The van der Waals surface area contributed by atoms with Gasteiger partial charge in [-0.1, -0.05) is 12.1 Å². The Labute approximate surface area is 119 Å². The molecule has 20 heavy (non-hydrogen) atoms. The summed E-state index contributed by atoms with van der Waals surface area (Å²) in [5, 5.41) is 2.88. The van der Waals surface area contributed by atoms with E-state index in [9.17, 15) is 13.2 Å². The lowest BCUT2D eigenvalue weighted by atomic mass is 9.90. The third-order valence-corrected chi connectivity index (χ3v) is 4.11. The zero-order chi connectivity index (χ0) is 14.6. The molecule has 0 saturated carbocycles. The van der Waals surface area contributed by atoms with Gasteiger partial charge in [-0.05, 0) is 42.9 Å². The maximum atomic E-state index is 11.8. The van der Waals surface area contributed by atoms with E-state index < -0.39 is 10.0 Å². The molecule has 1 amide bonds. The van der Waals surface area contributed by atoms with Gasteiger partial charge in [-0.25, -0.2) is 13.1 Å². The first-order chi connectivity index (χ1) is 9.46. The quantitative estimate of drug-likeness (QED) is 0.863. The number of aryl methyl sites for hydroxylation is 1. The molecule has 1 aromatic carbocycles. The number of sulfonamides is 1. The first kappa shape index (κ1) is 15.0. The standard InChI is InChI=1S/C14H20N2O3S/c1-20(18,19)15-10-9-14(17)16-13-8-4-6-11-5-2-3-7-12(11)13/h4,6,8,15H,2-3,5,7,9-10H2,1H3,(H,16,17). The third-order valence-electron chi connectivity index (χ3n) is 3.39. The van der Waals surface area contributed by atoms with Gasteiger partial charge in [-0.2, -0.15) is 0 Å². The summed E-state index contributed by atoms with van der Waals surface area (Å²) in [6, 6.07) is 5.97. The fourth-order valence-corrected chi connectivity index (χ4v) is 2.93. The van der Waals surface area contributed by atoms with Gasteiger partial charge in [0.2, 0.25) is 15.9 Å². The number of fused-ring (bicyclic) bond motifs is 1. The Morgan fingerprint density at radius 3 is 2.75 bits per heavy atom. The predicted octanol–water partition coefficient (Wildman–Crippen LogP) is 1.44. The molecule has 1 aliphatic rings. The van der Waals surface area contributed by atoms with Crippen LogP contribution in [0.1, 0.15) is 30.4 Å². The second kappa shape index (κ2) is 6.37. The molecule has 2 rings (SSSR count). The van der Waals surface area contributed by atoms with E-state index in [1.807, 2.05) is 12.1 Å². The Balaban J connectivity index is 1.95. The number of anilines is 1. The van der Waals surface area contributed by atoms with Crippen LogP contribution in [0.15, 0.2) is 18.2 Å². The predicted molar refractivity (Wildman–Crippen MR) is 79.2 cm³/mol. The normalized spacial score (nSPS) is 14.7. The largest absolute Gasteiger partial charge is 0.326 e. The molecule has 0 atom stereocenters. The molecule has 1 aromatic rings. The number of carbonyl (C=O) groups is 1. The minimum atomic E-state index is -3.24. The number of rotatable bonds is 5. The van der Waals surface area contributed by atoms with Crippen LogP contribution in [-0.2, 0) is 27.7 Å². The molecule has 0 heterocycles. The first-order valence-electron chi connectivity index (χ1n) is 6.81. The zero-order valence-electron chi connectivity index (χ0n) is 11.6. The van der Waals surface area contributed by atoms with Crippen molar-refractivity contribution in [3.63, 3.8) is 0 Å². The molecule has 6 heteroatoms. The van der Waals surface area contributed by atoms with Gasteiger partial charge in [0.1, 0.15) is 0 Å². The minimum Gasteiger partial charge on any atom is -0.326 e. The van der Waals surface area contributed by atoms with Crippen LogP contribution in [0.3, 0.4) is 0 Å². The molecule has 0 spiro atoms. The molecule has 1 aliphatic carbocycles. The highest BCUT2D eigenvalue weighted by Crippen LogP contribution is 2.27. The molecular formula is C14H20N2O3S. The van der Waals surface area contributed by atoms with Crippen molar-refractivity contribution in [2.24, 2.45) is 0 Å². The van der Waals surface area contributed by atoms with Crippen molar-refractivity contribution in [2.75, 3.05) is 18.1 Å². The van der Waals surface area contributed by atoms with Crippen LogP contribution in [0.5, 0.6) is 0 Å². The molecule has 0 aliphatic heterocycles. The van der Waals surface area contributed by atoms with E-state index in [-0.39, 0.29) is 18.9 Å². The van der Waals surface area contributed by atoms with E-state index in [0.717, 1.165) is 31.2 Å².